The number of ether oxygens (including phenoxy) is 3. The second-order valence-electron chi connectivity index (χ2n) is 22.6. The molecule has 2 aliphatic rings. The fraction of sp³-hybridized carbons (Fsp3) is 0.891. The Morgan fingerprint density at radius 1 is 0.775 bits per heavy atom. The predicted octanol–water partition coefficient (Wildman–Crippen LogP) is -1.67. The zero-order valence-corrected chi connectivity index (χ0v) is 48.8. The van der Waals surface area contributed by atoms with Gasteiger partial charge in [0.2, 0.25) is 0 Å². The molecule has 0 aromatic carbocycles. The maximum atomic E-state index is 14.2. The van der Waals surface area contributed by atoms with E-state index in [0.717, 1.165) is 12.0 Å². The first-order valence-electron chi connectivity index (χ1n) is 28.7. The molecule has 1 saturated heterocycles. The Bertz CT molecular complexity index is 1730. The van der Waals surface area contributed by atoms with Crippen LogP contribution in [0.3, 0.4) is 0 Å². The molecule has 472 valence electrons. The SMILES string of the molecule is CCCCC1C(=O)OC(C(C)C(O)CCCNC(=N)N)C(C)/C=C(\C)CCCCC(O)CC(O)CC(O)CC(O)CC(O)C(O[C@H]2O[C@H](CO)[C@@H](O)[C@@H]2O)/C=C(\C)C(O)CCCC(O)CCCC(O)CCC(C)C1O.[O-][Cl+3]([O-])([O-])O. The van der Waals surface area contributed by atoms with Crippen LogP contribution in [0, 0.1) is 39.3 Å². The number of hydrogen-bond acceptors (Lipinski definition) is 22. The summed E-state index contributed by atoms with van der Waals surface area (Å²) in [4.78, 5) is 14.2. The molecule has 2 aliphatic heterocycles. The third-order valence-corrected chi connectivity index (χ3v) is 15.3. The molecule has 2 rings (SSSR count). The minimum absolute atomic E-state index is 0.0277. The lowest BCUT2D eigenvalue weighted by Gasteiger charge is -2.34. The number of rotatable bonds is 12. The van der Waals surface area contributed by atoms with Gasteiger partial charge in [-0.15, -0.1) is 0 Å². The molecule has 18 N–H and O–H groups in total. The lowest BCUT2D eigenvalue weighted by atomic mass is 9.84. The first-order chi connectivity index (χ1) is 37.4. The summed E-state index contributed by atoms with van der Waals surface area (Å²) in [5.74, 6) is -2.78. The topological polar surface area (TPSA) is 459 Å². The van der Waals surface area contributed by atoms with Crippen LogP contribution in [0.5, 0.6) is 0 Å². The molecule has 24 nitrogen and oxygen atoms in total. The molecule has 20 atom stereocenters. The number of unbranched alkanes of at least 4 members (excludes halogenated alkanes) is 1. The summed E-state index contributed by atoms with van der Waals surface area (Å²) in [6, 6.07) is 0. The van der Waals surface area contributed by atoms with Gasteiger partial charge in [-0.1, -0.05) is 64.7 Å². The first-order valence-corrected chi connectivity index (χ1v) is 30.0. The van der Waals surface area contributed by atoms with Gasteiger partial charge in [-0.2, -0.15) is 14.0 Å². The van der Waals surface area contributed by atoms with E-state index in [1.165, 1.54) is 6.08 Å². The van der Waals surface area contributed by atoms with Gasteiger partial charge in [0.25, 0.3) is 0 Å². The third kappa shape index (κ3) is 32.1. The fourth-order valence-corrected chi connectivity index (χ4v) is 10.4. The van der Waals surface area contributed by atoms with Crippen LogP contribution in [0.25, 0.3) is 0 Å². The number of aliphatic hydroxyl groups excluding tert-OH is 13. The van der Waals surface area contributed by atoms with Crippen LogP contribution >= 0.6 is 0 Å². The van der Waals surface area contributed by atoms with Gasteiger partial charge in [-0.05, 0) is 134 Å². The fourth-order valence-electron chi connectivity index (χ4n) is 10.4. The molecule has 0 aromatic heterocycles. The van der Waals surface area contributed by atoms with Gasteiger partial charge in [0, 0.05) is 24.8 Å². The highest BCUT2D eigenvalue weighted by Crippen LogP contribution is 2.32. The highest BCUT2D eigenvalue weighted by molar-refractivity contribution is 5.74. The van der Waals surface area contributed by atoms with E-state index in [4.69, 9.17) is 44.0 Å². The van der Waals surface area contributed by atoms with E-state index < -0.39 is 133 Å². The maximum Gasteiger partial charge on any atom is 0.311 e. The average Bonchev–Trinajstić information content (AvgIpc) is 3.63. The van der Waals surface area contributed by atoms with Gasteiger partial charge >= 0.3 is 5.97 Å². The van der Waals surface area contributed by atoms with Gasteiger partial charge in [-0.3, -0.25) is 10.2 Å². The minimum atomic E-state index is -4.69. The van der Waals surface area contributed by atoms with E-state index in [9.17, 15) is 71.2 Å². The van der Waals surface area contributed by atoms with E-state index in [1.54, 1.807) is 6.92 Å². The van der Waals surface area contributed by atoms with Crippen molar-refractivity contribution >= 4 is 11.9 Å². The number of carbonyl (C=O) groups excluding carboxylic acids is 1. The van der Waals surface area contributed by atoms with E-state index in [1.807, 2.05) is 40.7 Å². The summed E-state index contributed by atoms with van der Waals surface area (Å²) in [5.41, 5.74) is 6.80. The van der Waals surface area contributed by atoms with Crippen molar-refractivity contribution in [2.24, 2.45) is 29.4 Å². The molecule has 0 saturated carbocycles. The monoisotopic (exact) mass is 1180 g/mol. The molecular formula is C55H104ClN3O21. The summed E-state index contributed by atoms with van der Waals surface area (Å²) in [7, 11) is -4.69. The Hall–Kier alpha value is -2.25. The first kappa shape index (κ1) is 75.8. The van der Waals surface area contributed by atoms with Crippen molar-refractivity contribution in [3.05, 3.63) is 23.3 Å². The zero-order chi connectivity index (χ0) is 60.9. The van der Waals surface area contributed by atoms with Gasteiger partial charge in [-0.25, -0.2) is 0 Å². The Kier molecular flexibility index (Phi) is 38.0. The number of cyclic esters (lactones) is 1. The highest BCUT2D eigenvalue weighted by Gasteiger charge is 2.45. The van der Waals surface area contributed by atoms with E-state index in [-0.39, 0.29) is 49.9 Å². The summed E-state index contributed by atoms with van der Waals surface area (Å²) < 4.78 is 50.4. The molecule has 25 heteroatoms. The normalized spacial score (nSPS) is 37.1. The van der Waals surface area contributed by atoms with Crippen LogP contribution in [-0.4, -0.2) is 194 Å². The van der Waals surface area contributed by atoms with Crippen molar-refractivity contribution in [3.8, 4) is 0 Å². The van der Waals surface area contributed by atoms with Crippen molar-refractivity contribution in [2.75, 3.05) is 13.2 Å². The number of carbonyl (C=O) groups is 1. The van der Waals surface area contributed by atoms with Gasteiger partial charge in [0.1, 0.15) is 30.5 Å². The summed E-state index contributed by atoms with van der Waals surface area (Å²) in [6.07, 6.45) is -7.44. The second-order valence-corrected chi connectivity index (χ2v) is 23.4. The molecule has 0 spiro atoms. The Labute approximate surface area is 475 Å². The quantitative estimate of drug-likeness (QED) is 0.0342. The number of aliphatic hydroxyl groups is 13. The highest BCUT2D eigenvalue weighted by atomic mass is 35.7. The lowest BCUT2D eigenvalue weighted by Crippen LogP contribution is -2.58. The van der Waals surface area contributed by atoms with Crippen molar-refractivity contribution in [1.29, 1.82) is 5.41 Å². The number of nitrogens with one attached hydrogen (secondary N) is 2. The molecule has 0 aliphatic carbocycles. The van der Waals surface area contributed by atoms with Gasteiger partial charge in [0.05, 0.1) is 88.5 Å². The van der Waals surface area contributed by atoms with E-state index in [0.29, 0.717) is 108 Å². The lowest BCUT2D eigenvalue weighted by molar-refractivity contribution is -1.92. The van der Waals surface area contributed by atoms with E-state index in [2.05, 4.69) is 5.32 Å². The number of nitrogens with two attached hydrogens (primary N) is 1. The molecule has 0 bridgehead atoms. The average molecular weight is 1180 g/mol. The van der Waals surface area contributed by atoms with Gasteiger partial charge < -0.3 is 91.6 Å². The van der Waals surface area contributed by atoms with E-state index >= 15 is 0 Å². The van der Waals surface area contributed by atoms with Crippen LogP contribution in [0.1, 0.15) is 176 Å². The number of hydrogen-bond donors (Lipinski definition) is 17. The third-order valence-electron chi connectivity index (χ3n) is 15.3. The Balaban J connectivity index is 0.00000610. The molecule has 80 heavy (non-hydrogen) atoms. The smallest absolute Gasteiger partial charge is 0.311 e. The maximum absolute atomic E-state index is 14.2. The minimum Gasteiger partial charge on any atom is -0.461 e. The van der Waals surface area contributed by atoms with Crippen molar-refractivity contribution in [3.63, 3.8) is 0 Å². The van der Waals surface area contributed by atoms with Crippen LogP contribution in [0.4, 0.5) is 0 Å². The largest absolute Gasteiger partial charge is 0.461 e. The summed E-state index contributed by atoms with van der Waals surface area (Å²) in [6.45, 7) is 10.9. The number of allylic oxidation sites excluding steroid dienone is 1. The number of halogens is 1. The standard InChI is InChI=1S/C55H103N3O17.ClHO4/c1-7-8-19-43-49(69)33(3)22-23-38(61)17-11-16-37(60)18-12-20-44(66)34(4)26-47(73-54-51(71)50(70)48(31-59)74-54)46(68)30-42(65)29-41(64)28-40(63)27-39(62)15-10-9-14-32(2)25-35(5)52(75-53(43)72)36(6)45(67)21-13-24-58-55(56)57;2-1(3,4)5/h25-26,33,35-52,54,59-71H,7-24,27-31H2,1-6H3,(H4,56,57,58);(H,2,3,4,5)/b32-25+,34-26+;/t33?,35?,36?,37?,38?,39?,40?,41?,42?,43?,44?,45?,46?,47?,48-,49?,50-,51+,52?,54+;/m1./s1. The van der Waals surface area contributed by atoms with Crippen LogP contribution in [0.15, 0.2) is 23.3 Å². The Morgan fingerprint density at radius 2 is 1.32 bits per heavy atom. The summed E-state index contributed by atoms with van der Waals surface area (Å²) >= 11 is 0. The number of guanidine groups is 1. The molecule has 1 fully saturated rings. The van der Waals surface area contributed by atoms with Gasteiger partial charge in [0.15, 0.2) is 12.2 Å². The zero-order valence-electron chi connectivity index (χ0n) is 48.0. The summed E-state index contributed by atoms with van der Waals surface area (Å²) in [5, 5.41) is 151. The van der Waals surface area contributed by atoms with Crippen LogP contribution in [0.2, 0.25) is 0 Å². The second kappa shape index (κ2) is 40.1. The molecule has 0 radical (unpaired) electrons. The molecule has 0 amide bonds. The van der Waals surface area contributed by atoms with Crippen molar-refractivity contribution in [1.82, 2.24) is 5.32 Å². The number of esters is 1. The van der Waals surface area contributed by atoms with Crippen molar-refractivity contribution in [2.45, 2.75) is 274 Å². The molecule has 0 aromatic rings. The molecule has 16 unspecified atom stereocenters. The molecule has 2 heterocycles. The van der Waals surface area contributed by atoms with Crippen LogP contribution in [-0.2, 0) is 19.0 Å². The Morgan fingerprint density at radius 3 is 1.89 bits per heavy atom. The predicted molar refractivity (Wildman–Crippen MR) is 286 cm³/mol. The van der Waals surface area contributed by atoms with Crippen LogP contribution < -0.4 is 25.0 Å². The van der Waals surface area contributed by atoms with Crippen molar-refractivity contribution < 1.29 is 114 Å². The molecular weight excluding hydrogens is 1070 g/mol.